The number of aryl methyl sites for hydroxylation is 1. The second-order valence-electron chi connectivity index (χ2n) is 8.84. The highest BCUT2D eigenvalue weighted by atomic mass is 35.5. The number of nitrogens with one attached hydrogen (secondary N) is 1. The molecule has 1 amide bonds. The molecule has 1 heterocycles. The van der Waals surface area contributed by atoms with Gasteiger partial charge in [-0.25, -0.2) is 4.39 Å². The van der Waals surface area contributed by atoms with Crippen LogP contribution in [0, 0.1) is 5.82 Å². The second kappa shape index (κ2) is 9.92. The first kappa shape index (κ1) is 24.5. The van der Waals surface area contributed by atoms with Crippen molar-refractivity contribution < 1.29 is 19.1 Å². The van der Waals surface area contributed by atoms with Gasteiger partial charge < -0.3 is 15.3 Å². The van der Waals surface area contributed by atoms with Crippen LogP contribution in [-0.4, -0.2) is 16.8 Å². The zero-order chi connectivity index (χ0) is 25.2. The van der Waals surface area contributed by atoms with Crippen LogP contribution in [0.2, 0.25) is 5.02 Å². The number of amides is 1. The van der Waals surface area contributed by atoms with Gasteiger partial charge in [-0.3, -0.25) is 4.79 Å². The Morgan fingerprint density at radius 1 is 1.23 bits per heavy atom. The average Bonchev–Trinajstić information content (AvgIpc) is 3.09. The van der Waals surface area contributed by atoms with Crippen molar-refractivity contribution in [3.05, 3.63) is 106 Å². The average molecular weight is 493 g/mol. The zero-order valence-electron chi connectivity index (χ0n) is 19.6. The summed E-state index contributed by atoms with van der Waals surface area (Å²) in [7, 11) is 0. The Bertz CT molecular complexity index is 1340. The summed E-state index contributed by atoms with van der Waals surface area (Å²) in [5.41, 5.74) is 2.50. The number of oxime groups is 1. The Balaban J connectivity index is 1.67. The third-order valence-corrected chi connectivity index (χ3v) is 6.43. The molecular formula is C28H26ClFN2O3. The van der Waals surface area contributed by atoms with E-state index in [0.717, 1.165) is 17.5 Å². The Kier molecular flexibility index (Phi) is 6.94. The van der Waals surface area contributed by atoms with Crippen LogP contribution in [0.25, 0.3) is 0 Å². The Morgan fingerprint density at radius 3 is 2.69 bits per heavy atom. The van der Waals surface area contributed by atoms with E-state index in [4.69, 9.17) is 16.3 Å². The molecule has 3 aromatic rings. The maximum Gasteiger partial charge on any atom is 0.234 e. The van der Waals surface area contributed by atoms with Crippen LogP contribution >= 0.6 is 11.6 Å². The molecular weight excluding hydrogens is 467 g/mol. The Labute approximate surface area is 208 Å². The van der Waals surface area contributed by atoms with Gasteiger partial charge in [0.2, 0.25) is 5.91 Å². The van der Waals surface area contributed by atoms with Crippen LogP contribution < -0.4 is 10.1 Å². The fraction of sp³-hybridized carbons (Fsp3) is 0.214. The van der Waals surface area contributed by atoms with E-state index < -0.39 is 11.2 Å². The van der Waals surface area contributed by atoms with E-state index in [2.05, 4.69) is 17.1 Å². The lowest BCUT2D eigenvalue weighted by Crippen LogP contribution is -2.32. The molecule has 0 spiro atoms. The number of benzene rings is 3. The minimum atomic E-state index is -0.707. The molecule has 7 heteroatoms. The molecule has 0 saturated carbocycles. The summed E-state index contributed by atoms with van der Waals surface area (Å²) in [6, 6.07) is 17.0. The lowest BCUT2D eigenvalue weighted by atomic mass is 9.80. The molecule has 0 radical (unpaired) electrons. The zero-order valence-corrected chi connectivity index (χ0v) is 20.3. The lowest BCUT2D eigenvalue weighted by Gasteiger charge is -2.21. The molecule has 3 aromatic carbocycles. The summed E-state index contributed by atoms with van der Waals surface area (Å²) in [5, 5.41) is 16.1. The van der Waals surface area contributed by atoms with Gasteiger partial charge in [-0.05, 0) is 73.0 Å². The van der Waals surface area contributed by atoms with E-state index in [1.807, 2.05) is 44.2 Å². The summed E-state index contributed by atoms with van der Waals surface area (Å²) in [5.74, 6) is 0.568. The van der Waals surface area contributed by atoms with Crippen molar-refractivity contribution in [3.63, 3.8) is 0 Å². The number of allylic oxidation sites excluding steroid dienone is 1. The molecule has 0 unspecified atom stereocenters. The number of nitrogens with zero attached hydrogens (tertiary/aromatic N) is 1. The van der Waals surface area contributed by atoms with Crippen molar-refractivity contribution in [3.8, 4) is 11.5 Å². The number of hydrogen-bond acceptors (Lipinski definition) is 4. The fourth-order valence-electron chi connectivity index (χ4n) is 4.35. The first-order valence-electron chi connectivity index (χ1n) is 11.3. The van der Waals surface area contributed by atoms with Gasteiger partial charge in [0, 0.05) is 28.3 Å². The molecule has 180 valence electrons. The summed E-state index contributed by atoms with van der Waals surface area (Å²) in [4.78, 5) is 12.5. The topological polar surface area (TPSA) is 70.9 Å². The van der Waals surface area contributed by atoms with Crippen LogP contribution in [0.3, 0.4) is 0 Å². The van der Waals surface area contributed by atoms with Crippen LogP contribution in [-0.2, 0) is 16.6 Å². The van der Waals surface area contributed by atoms with Gasteiger partial charge in [0.05, 0.1) is 5.41 Å². The van der Waals surface area contributed by atoms with E-state index in [-0.39, 0.29) is 22.2 Å². The van der Waals surface area contributed by atoms with E-state index in [0.29, 0.717) is 35.6 Å². The first-order valence-corrected chi connectivity index (χ1v) is 11.7. The van der Waals surface area contributed by atoms with Crippen LogP contribution in [0.1, 0.15) is 48.9 Å². The third-order valence-electron chi connectivity index (χ3n) is 6.20. The quantitative estimate of drug-likeness (QED) is 0.218. The predicted octanol–water partition coefficient (Wildman–Crippen LogP) is 6.74. The monoisotopic (exact) mass is 492 g/mol. The third kappa shape index (κ3) is 4.93. The van der Waals surface area contributed by atoms with Crippen molar-refractivity contribution in [1.82, 2.24) is 5.32 Å². The molecule has 0 aromatic heterocycles. The number of halogens is 2. The summed E-state index contributed by atoms with van der Waals surface area (Å²) in [6.07, 6.45) is 2.07. The molecule has 4 rings (SSSR count). The largest absolute Gasteiger partial charge is 0.457 e. The van der Waals surface area contributed by atoms with Crippen molar-refractivity contribution in [2.45, 2.75) is 38.5 Å². The van der Waals surface area contributed by atoms with E-state index in [1.165, 1.54) is 12.1 Å². The van der Waals surface area contributed by atoms with E-state index in [1.54, 1.807) is 18.2 Å². The maximum atomic E-state index is 14.5. The highest BCUT2D eigenvalue weighted by Crippen LogP contribution is 2.37. The molecule has 1 aliphatic rings. The maximum absolute atomic E-state index is 14.5. The molecule has 1 aliphatic heterocycles. The van der Waals surface area contributed by atoms with Gasteiger partial charge in [-0.2, -0.15) is 0 Å². The van der Waals surface area contributed by atoms with E-state index in [9.17, 15) is 14.4 Å². The molecule has 5 nitrogen and oxygen atoms in total. The first-order chi connectivity index (χ1) is 16.7. The fourth-order valence-corrected chi connectivity index (χ4v) is 4.51. The molecule has 2 N–H and O–H groups in total. The van der Waals surface area contributed by atoms with Crippen molar-refractivity contribution in [2.24, 2.45) is 5.16 Å². The molecule has 1 saturated heterocycles. The predicted molar refractivity (Wildman–Crippen MR) is 135 cm³/mol. The van der Waals surface area contributed by atoms with Crippen molar-refractivity contribution in [2.75, 3.05) is 0 Å². The van der Waals surface area contributed by atoms with Crippen molar-refractivity contribution >= 4 is 23.2 Å². The van der Waals surface area contributed by atoms with Gasteiger partial charge in [0.1, 0.15) is 23.0 Å². The molecule has 1 fully saturated rings. The van der Waals surface area contributed by atoms with Gasteiger partial charge in [0.15, 0.2) is 0 Å². The lowest BCUT2D eigenvalue weighted by molar-refractivity contribution is -0.123. The van der Waals surface area contributed by atoms with Crippen LogP contribution in [0.5, 0.6) is 11.5 Å². The summed E-state index contributed by atoms with van der Waals surface area (Å²) >= 11 is 5.87. The molecule has 0 bridgehead atoms. The number of hydrogen-bond donors (Lipinski definition) is 2. The SMILES string of the molecule is C=C1C[C@](C)(c2cccc(Oc3ccc(/C(=N/O)c4ccc(Cl)cc4F)cc3CCC)c2)C(=O)N1. The number of ether oxygens (including phenoxy) is 1. The van der Waals surface area contributed by atoms with Gasteiger partial charge in [-0.15, -0.1) is 0 Å². The summed E-state index contributed by atoms with van der Waals surface area (Å²) < 4.78 is 20.7. The number of carbonyl (C=O) groups is 1. The minimum Gasteiger partial charge on any atom is -0.457 e. The van der Waals surface area contributed by atoms with Crippen LogP contribution in [0.15, 0.2) is 78.1 Å². The second-order valence-corrected chi connectivity index (χ2v) is 9.28. The van der Waals surface area contributed by atoms with Crippen molar-refractivity contribution in [1.29, 1.82) is 0 Å². The van der Waals surface area contributed by atoms with E-state index >= 15 is 0 Å². The van der Waals surface area contributed by atoms with Gasteiger partial charge in [-0.1, -0.05) is 48.8 Å². The molecule has 0 aliphatic carbocycles. The number of carbonyl (C=O) groups excluding carboxylic acids is 1. The highest BCUT2D eigenvalue weighted by molar-refractivity contribution is 6.30. The molecule has 1 atom stereocenters. The van der Waals surface area contributed by atoms with Gasteiger partial charge in [0.25, 0.3) is 0 Å². The number of rotatable bonds is 7. The highest BCUT2D eigenvalue weighted by Gasteiger charge is 2.41. The Hall–Kier alpha value is -3.64. The molecule has 35 heavy (non-hydrogen) atoms. The Morgan fingerprint density at radius 2 is 2.03 bits per heavy atom. The normalized spacial score (nSPS) is 18.0. The smallest absolute Gasteiger partial charge is 0.234 e. The minimum absolute atomic E-state index is 0.0825. The van der Waals surface area contributed by atoms with Crippen LogP contribution in [0.4, 0.5) is 4.39 Å². The van der Waals surface area contributed by atoms with Gasteiger partial charge >= 0.3 is 0 Å². The summed E-state index contributed by atoms with van der Waals surface area (Å²) in [6.45, 7) is 7.82. The standard InChI is InChI=1S/C28H26ClFN2O3/c1-4-6-18-13-19(26(32-34)23-11-10-21(29)15-24(23)30)9-12-25(18)35-22-8-5-7-20(14-22)28(3)16-17(2)31-27(28)33/h5,7-15,34H,2,4,6,16H2,1,3H3,(H,31,33)/b32-26-/t28-/m1/s1.